The number of para-hydroxylation sites is 1. The molecule has 0 radical (unpaired) electrons. The van der Waals surface area contributed by atoms with E-state index in [0.717, 1.165) is 17.8 Å². The third kappa shape index (κ3) is 4.32. The number of benzene rings is 2. The first kappa shape index (κ1) is 22.5. The topological polar surface area (TPSA) is 78.7 Å². The summed E-state index contributed by atoms with van der Waals surface area (Å²) >= 11 is 0. The highest BCUT2D eigenvalue weighted by Gasteiger charge is 2.46. The third-order valence-corrected chi connectivity index (χ3v) is 5.93. The zero-order valence-electron chi connectivity index (χ0n) is 19.1. The number of amides is 1. The molecule has 0 bridgehead atoms. The Morgan fingerprint density at radius 3 is 2.30 bits per heavy atom. The molecule has 1 aliphatic heterocycles. The quantitative estimate of drug-likeness (QED) is 0.343. The van der Waals surface area contributed by atoms with E-state index < -0.39 is 17.7 Å². The minimum Gasteiger partial charge on any atom is -0.507 e. The van der Waals surface area contributed by atoms with Crippen molar-refractivity contribution in [1.29, 1.82) is 0 Å². The number of aromatic nitrogens is 2. The fourth-order valence-corrected chi connectivity index (χ4v) is 4.27. The maximum absolute atomic E-state index is 13.2. The summed E-state index contributed by atoms with van der Waals surface area (Å²) in [4.78, 5) is 29.8. The summed E-state index contributed by atoms with van der Waals surface area (Å²) in [5.74, 6) is -1.45. The number of aliphatic hydroxyl groups is 1. The summed E-state index contributed by atoms with van der Waals surface area (Å²) in [7, 11) is 3.94. The van der Waals surface area contributed by atoms with Crippen LogP contribution in [0.4, 0.5) is 0 Å². The van der Waals surface area contributed by atoms with Gasteiger partial charge in [-0.2, -0.15) is 5.10 Å². The van der Waals surface area contributed by atoms with Gasteiger partial charge < -0.3 is 14.9 Å². The number of hydrogen-bond acceptors (Lipinski definition) is 5. The number of Topliss-reactive ketones (excluding diaryl/α,β-unsaturated/α-hetero) is 1. The van der Waals surface area contributed by atoms with Crippen molar-refractivity contribution in [3.63, 3.8) is 0 Å². The summed E-state index contributed by atoms with van der Waals surface area (Å²) < 4.78 is 1.71. The maximum Gasteiger partial charge on any atom is 0.295 e. The second-order valence-corrected chi connectivity index (χ2v) is 8.45. The number of hydrogen-bond donors (Lipinski definition) is 1. The standard InChI is InChI=1S/C26H28N4O3/c1-18-21(17-27-30(18)20-13-8-5-9-14-20)24(31)22-23(19-11-6-4-7-12-19)29(26(33)25(22)32)16-10-15-28(2)3/h4-9,11-14,17,23,31H,10,15-16H2,1-3H3/b24-22+/t23-/m0/s1. The second-order valence-electron chi connectivity index (χ2n) is 8.45. The highest BCUT2D eigenvalue weighted by atomic mass is 16.3. The molecule has 0 unspecified atom stereocenters. The van der Waals surface area contributed by atoms with Crippen LogP contribution in [-0.4, -0.2) is 63.6 Å². The van der Waals surface area contributed by atoms with Crippen molar-refractivity contribution in [2.45, 2.75) is 19.4 Å². The minimum absolute atomic E-state index is 0.103. The molecule has 1 atom stereocenters. The van der Waals surface area contributed by atoms with Crippen LogP contribution in [0.15, 0.2) is 72.4 Å². The molecule has 1 aromatic heterocycles. The summed E-state index contributed by atoms with van der Waals surface area (Å²) in [5.41, 5.74) is 2.86. The second kappa shape index (κ2) is 9.42. The van der Waals surface area contributed by atoms with Gasteiger partial charge >= 0.3 is 0 Å². The van der Waals surface area contributed by atoms with Crippen LogP contribution in [0.25, 0.3) is 11.4 Å². The average molecular weight is 445 g/mol. The van der Waals surface area contributed by atoms with E-state index in [0.29, 0.717) is 24.2 Å². The molecule has 0 saturated carbocycles. The predicted octanol–water partition coefficient (Wildman–Crippen LogP) is 3.55. The summed E-state index contributed by atoms with van der Waals surface area (Å²) in [6, 6.07) is 18.3. The Labute approximate surface area is 193 Å². The first-order valence-corrected chi connectivity index (χ1v) is 11.0. The lowest BCUT2D eigenvalue weighted by Crippen LogP contribution is -2.32. The van der Waals surface area contributed by atoms with E-state index in [9.17, 15) is 14.7 Å². The van der Waals surface area contributed by atoms with Gasteiger partial charge in [-0.15, -0.1) is 0 Å². The number of likely N-dealkylation sites (tertiary alicyclic amines) is 1. The van der Waals surface area contributed by atoms with Crippen molar-refractivity contribution in [3.8, 4) is 5.69 Å². The molecule has 0 aliphatic carbocycles. The van der Waals surface area contributed by atoms with E-state index in [1.165, 1.54) is 0 Å². The molecule has 1 aliphatic rings. The van der Waals surface area contributed by atoms with E-state index in [1.54, 1.807) is 15.8 Å². The van der Waals surface area contributed by atoms with Crippen LogP contribution >= 0.6 is 0 Å². The van der Waals surface area contributed by atoms with Crippen molar-refractivity contribution in [1.82, 2.24) is 19.6 Å². The number of aliphatic hydroxyl groups excluding tert-OH is 1. The van der Waals surface area contributed by atoms with Gasteiger partial charge in [-0.1, -0.05) is 48.5 Å². The Morgan fingerprint density at radius 2 is 1.67 bits per heavy atom. The van der Waals surface area contributed by atoms with Gasteiger partial charge in [-0.05, 0) is 51.7 Å². The highest BCUT2D eigenvalue weighted by molar-refractivity contribution is 6.46. The highest BCUT2D eigenvalue weighted by Crippen LogP contribution is 2.39. The number of rotatable bonds is 7. The number of nitrogens with zero attached hydrogens (tertiary/aromatic N) is 4. The van der Waals surface area contributed by atoms with Gasteiger partial charge in [0.05, 0.1) is 34.8 Å². The van der Waals surface area contributed by atoms with Crippen LogP contribution in [0, 0.1) is 6.92 Å². The van der Waals surface area contributed by atoms with E-state index in [-0.39, 0.29) is 11.3 Å². The van der Waals surface area contributed by atoms with Crippen LogP contribution < -0.4 is 0 Å². The fraction of sp³-hybridized carbons (Fsp3) is 0.269. The lowest BCUT2D eigenvalue weighted by Gasteiger charge is -2.25. The molecular weight excluding hydrogens is 416 g/mol. The predicted molar refractivity (Wildman–Crippen MR) is 127 cm³/mol. The molecule has 0 spiro atoms. The maximum atomic E-state index is 13.2. The van der Waals surface area contributed by atoms with E-state index in [1.807, 2.05) is 86.6 Å². The van der Waals surface area contributed by atoms with Gasteiger partial charge in [0, 0.05) is 6.54 Å². The molecule has 1 fully saturated rings. The number of carbonyl (C=O) groups excluding carboxylic acids is 2. The zero-order valence-corrected chi connectivity index (χ0v) is 19.1. The van der Waals surface area contributed by atoms with Crippen LogP contribution in [-0.2, 0) is 9.59 Å². The molecule has 1 amide bonds. The van der Waals surface area contributed by atoms with E-state index >= 15 is 0 Å². The lowest BCUT2D eigenvalue weighted by atomic mass is 9.95. The first-order chi connectivity index (χ1) is 15.9. The van der Waals surface area contributed by atoms with Crippen molar-refractivity contribution in [3.05, 3.63) is 89.3 Å². The Bertz CT molecular complexity index is 1180. The first-order valence-electron chi connectivity index (χ1n) is 11.0. The average Bonchev–Trinajstić information content (AvgIpc) is 3.32. The Hall–Kier alpha value is -3.71. The van der Waals surface area contributed by atoms with Crippen molar-refractivity contribution < 1.29 is 14.7 Å². The third-order valence-electron chi connectivity index (χ3n) is 5.93. The van der Waals surface area contributed by atoms with Crippen molar-refractivity contribution in [2.24, 2.45) is 0 Å². The molecule has 2 heterocycles. The van der Waals surface area contributed by atoms with Crippen LogP contribution in [0.1, 0.15) is 29.3 Å². The molecule has 33 heavy (non-hydrogen) atoms. The molecule has 1 saturated heterocycles. The zero-order chi connectivity index (χ0) is 23.5. The molecule has 7 heteroatoms. The largest absolute Gasteiger partial charge is 0.507 e. The molecular formula is C26H28N4O3. The monoisotopic (exact) mass is 444 g/mol. The minimum atomic E-state index is -0.668. The summed E-state index contributed by atoms with van der Waals surface area (Å²) in [6.45, 7) is 3.04. The van der Waals surface area contributed by atoms with Gasteiger partial charge in [0.2, 0.25) is 0 Å². The normalized spacial score (nSPS) is 17.8. The smallest absolute Gasteiger partial charge is 0.295 e. The molecule has 3 aromatic rings. The Kier molecular flexibility index (Phi) is 6.42. The molecule has 170 valence electrons. The van der Waals surface area contributed by atoms with Crippen LogP contribution in [0.2, 0.25) is 0 Å². The molecule has 7 nitrogen and oxygen atoms in total. The number of ketones is 1. The van der Waals surface area contributed by atoms with Gasteiger partial charge in [0.25, 0.3) is 11.7 Å². The van der Waals surface area contributed by atoms with Gasteiger partial charge in [0.1, 0.15) is 5.76 Å². The van der Waals surface area contributed by atoms with Crippen molar-refractivity contribution in [2.75, 3.05) is 27.2 Å². The summed E-state index contributed by atoms with van der Waals surface area (Å²) in [5, 5.41) is 15.7. The lowest BCUT2D eigenvalue weighted by molar-refractivity contribution is -0.139. The molecule has 4 rings (SSSR count). The van der Waals surface area contributed by atoms with Crippen LogP contribution in [0.3, 0.4) is 0 Å². The van der Waals surface area contributed by atoms with Crippen LogP contribution in [0.5, 0.6) is 0 Å². The van der Waals surface area contributed by atoms with Crippen molar-refractivity contribution >= 4 is 17.4 Å². The van der Waals surface area contributed by atoms with Gasteiger partial charge in [-0.3, -0.25) is 9.59 Å². The van der Waals surface area contributed by atoms with E-state index in [2.05, 4.69) is 5.10 Å². The SMILES string of the molecule is Cc1c(/C(O)=C2\C(=O)C(=O)N(CCCN(C)C)[C@H]2c2ccccc2)cnn1-c1ccccc1. The molecule has 1 N–H and O–H groups in total. The Morgan fingerprint density at radius 1 is 1.03 bits per heavy atom. The Balaban J connectivity index is 1.79. The molecule has 2 aromatic carbocycles. The number of carbonyl (C=O) groups is 2. The summed E-state index contributed by atoms with van der Waals surface area (Å²) in [6.07, 6.45) is 2.26. The van der Waals surface area contributed by atoms with Gasteiger partial charge in [-0.25, -0.2) is 4.68 Å². The van der Waals surface area contributed by atoms with E-state index in [4.69, 9.17) is 0 Å². The fourth-order valence-electron chi connectivity index (χ4n) is 4.27. The van der Waals surface area contributed by atoms with Gasteiger partial charge in [0.15, 0.2) is 0 Å².